The Morgan fingerprint density at radius 1 is 0.950 bits per heavy atom. The minimum absolute atomic E-state index is 0.385. The summed E-state index contributed by atoms with van der Waals surface area (Å²) in [4.78, 5) is 8.97. The van der Waals surface area contributed by atoms with Crippen molar-refractivity contribution in [3.8, 4) is 11.4 Å². The van der Waals surface area contributed by atoms with Crippen molar-refractivity contribution in [3.63, 3.8) is 0 Å². The molecule has 0 saturated heterocycles. The minimum atomic E-state index is 0.385. The molecule has 0 unspecified atom stereocenters. The fraction of sp³-hybridized carbons (Fsp3) is 0.125. The highest BCUT2D eigenvalue weighted by Gasteiger charge is 2.11. The van der Waals surface area contributed by atoms with Crippen molar-refractivity contribution < 1.29 is 0 Å². The molecule has 3 rings (SSSR count). The van der Waals surface area contributed by atoms with E-state index >= 15 is 0 Å². The van der Waals surface area contributed by atoms with E-state index in [2.05, 4.69) is 23.0 Å². The Hall–Kier alpha value is -1.64. The summed E-state index contributed by atoms with van der Waals surface area (Å²) in [6.07, 6.45) is 0. The van der Waals surface area contributed by atoms with Crippen molar-refractivity contribution in [2.75, 3.05) is 0 Å². The lowest BCUT2D eigenvalue weighted by Crippen LogP contribution is -1.94. The lowest BCUT2D eigenvalue weighted by atomic mass is 10.1. The van der Waals surface area contributed by atoms with Crippen LogP contribution in [0.5, 0.6) is 0 Å². The van der Waals surface area contributed by atoms with Crippen molar-refractivity contribution in [1.82, 2.24) is 9.97 Å². The van der Waals surface area contributed by atoms with Crippen molar-refractivity contribution in [2.45, 2.75) is 13.8 Å². The van der Waals surface area contributed by atoms with Gasteiger partial charge in [0.25, 0.3) is 0 Å². The van der Waals surface area contributed by atoms with Crippen LogP contribution in [-0.4, -0.2) is 9.97 Å². The molecular weight excluding hydrogens is 291 g/mol. The van der Waals surface area contributed by atoms with E-state index in [1.165, 1.54) is 5.56 Å². The Labute approximate surface area is 127 Å². The first kappa shape index (κ1) is 13.3. The molecule has 0 saturated carbocycles. The Balaban J connectivity index is 2.28. The average molecular weight is 303 g/mol. The predicted molar refractivity (Wildman–Crippen MR) is 84.5 cm³/mol. The van der Waals surface area contributed by atoms with Crippen molar-refractivity contribution in [1.29, 1.82) is 0 Å². The Morgan fingerprint density at radius 3 is 2.50 bits per heavy atom. The fourth-order valence-electron chi connectivity index (χ4n) is 2.28. The van der Waals surface area contributed by atoms with E-state index in [9.17, 15) is 0 Å². The molecule has 20 heavy (non-hydrogen) atoms. The first-order valence-corrected chi connectivity index (χ1v) is 7.01. The van der Waals surface area contributed by atoms with E-state index in [1.807, 2.05) is 31.2 Å². The highest BCUT2D eigenvalue weighted by Crippen LogP contribution is 2.31. The molecule has 1 aromatic heterocycles. The number of hydrogen-bond donors (Lipinski definition) is 0. The zero-order valence-corrected chi connectivity index (χ0v) is 12.6. The zero-order chi connectivity index (χ0) is 14.3. The van der Waals surface area contributed by atoms with Gasteiger partial charge < -0.3 is 0 Å². The van der Waals surface area contributed by atoms with Gasteiger partial charge in [0.2, 0.25) is 0 Å². The number of aromatic nitrogens is 2. The number of hydrogen-bond acceptors (Lipinski definition) is 2. The monoisotopic (exact) mass is 302 g/mol. The molecule has 0 bridgehead atoms. The van der Waals surface area contributed by atoms with Gasteiger partial charge in [-0.2, -0.15) is 0 Å². The number of nitrogens with zero attached hydrogens (tertiary/aromatic N) is 2. The first-order valence-electron chi connectivity index (χ1n) is 6.25. The predicted octanol–water partition coefficient (Wildman–Crippen LogP) is 5.22. The summed E-state index contributed by atoms with van der Waals surface area (Å²) in [5, 5.41) is 1.65. The van der Waals surface area contributed by atoms with Crippen LogP contribution < -0.4 is 0 Å². The Morgan fingerprint density at radius 2 is 1.75 bits per heavy atom. The van der Waals surface area contributed by atoms with Crippen molar-refractivity contribution >= 4 is 34.1 Å². The van der Waals surface area contributed by atoms with Crippen molar-refractivity contribution in [3.05, 3.63) is 57.7 Å². The number of halogens is 2. The van der Waals surface area contributed by atoms with Gasteiger partial charge in [0.05, 0.1) is 15.9 Å². The quantitative estimate of drug-likeness (QED) is 0.576. The van der Waals surface area contributed by atoms with Crippen LogP contribution in [0.2, 0.25) is 10.2 Å². The summed E-state index contributed by atoms with van der Waals surface area (Å²) in [7, 11) is 0. The van der Waals surface area contributed by atoms with E-state index in [1.54, 1.807) is 6.07 Å². The second kappa shape index (κ2) is 5.04. The molecule has 0 fully saturated rings. The van der Waals surface area contributed by atoms with E-state index in [0.29, 0.717) is 21.4 Å². The van der Waals surface area contributed by atoms with Gasteiger partial charge >= 0.3 is 0 Å². The van der Waals surface area contributed by atoms with Crippen LogP contribution >= 0.6 is 23.2 Å². The molecule has 100 valence electrons. The van der Waals surface area contributed by atoms with Gasteiger partial charge in [0, 0.05) is 5.56 Å². The molecule has 0 amide bonds. The maximum atomic E-state index is 6.27. The van der Waals surface area contributed by atoms with Crippen LogP contribution in [0.4, 0.5) is 0 Å². The first-order chi connectivity index (χ1) is 9.56. The van der Waals surface area contributed by atoms with E-state index < -0.39 is 0 Å². The highest BCUT2D eigenvalue weighted by atomic mass is 35.5. The summed E-state index contributed by atoms with van der Waals surface area (Å²) in [5.74, 6) is 0.627. The van der Waals surface area contributed by atoms with Crippen LogP contribution in [0.3, 0.4) is 0 Å². The second-order valence-corrected chi connectivity index (χ2v) is 5.56. The maximum absolute atomic E-state index is 6.27. The number of rotatable bonds is 1. The van der Waals surface area contributed by atoms with Gasteiger partial charge in [-0.05, 0) is 31.5 Å². The van der Waals surface area contributed by atoms with Crippen LogP contribution in [0.15, 0.2) is 36.4 Å². The van der Waals surface area contributed by atoms with E-state index in [0.717, 1.165) is 16.6 Å². The summed E-state index contributed by atoms with van der Waals surface area (Å²) < 4.78 is 0. The van der Waals surface area contributed by atoms with Crippen LogP contribution in [0.1, 0.15) is 11.1 Å². The fourth-order valence-corrected chi connectivity index (χ4v) is 2.87. The van der Waals surface area contributed by atoms with Crippen LogP contribution in [-0.2, 0) is 0 Å². The lowest BCUT2D eigenvalue weighted by molar-refractivity contribution is 1.21. The largest absolute Gasteiger partial charge is 0.228 e. The molecule has 1 heterocycles. The zero-order valence-electron chi connectivity index (χ0n) is 11.1. The van der Waals surface area contributed by atoms with Gasteiger partial charge in [0.15, 0.2) is 5.82 Å². The molecule has 0 aliphatic rings. The summed E-state index contributed by atoms with van der Waals surface area (Å²) in [5.41, 5.74) is 4.08. The molecule has 0 spiro atoms. The van der Waals surface area contributed by atoms with Gasteiger partial charge in [0.1, 0.15) is 5.15 Å². The molecule has 0 aliphatic carbocycles. The van der Waals surface area contributed by atoms with Gasteiger partial charge in [-0.3, -0.25) is 0 Å². The highest BCUT2D eigenvalue weighted by molar-refractivity contribution is 6.41. The third-order valence-corrected chi connectivity index (χ3v) is 3.84. The maximum Gasteiger partial charge on any atom is 0.161 e. The molecule has 0 aliphatic heterocycles. The Kier molecular flexibility index (Phi) is 3.36. The molecular formula is C16H12Cl2N2. The number of aryl methyl sites for hydroxylation is 2. The number of fused-ring (bicyclic) bond motifs is 1. The summed E-state index contributed by atoms with van der Waals surface area (Å²) in [6, 6.07) is 11.7. The third kappa shape index (κ3) is 2.26. The third-order valence-electron chi connectivity index (χ3n) is 3.25. The second-order valence-electron chi connectivity index (χ2n) is 4.79. The van der Waals surface area contributed by atoms with Crippen molar-refractivity contribution in [2.24, 2.45) is 0 Å². The molecule has 4 heteroatoms. The summed E-state index contributed by atoms with van der Waals surface area (Å²) >= 11 is 12.4. The molecule has 0 atom stereocenters. The topological polar surface area (TPSA) is 25.8 Å². The molecule has 0 radical (unpaired) electrons. The normalized spacial score (nSPS) is 11.0. The van der Waals surface area contributed by atoms with E-state index in [-0.39, 0.29) is 0 Å². The lowest BCUT2D eigenvalue weighted by Gasteiger charge is -2.08. The standard InChI is InChI=1S/C16H12Cl2N2/c1-9-6-7-11(10(2)8-9)16-19-13-5-3-4-12(17)14(13)15(18)20-16/h3-8H,1-2H3. The number of benzene rings is 2. The molecule has 2 aromatic carbocycles. The van der Waals surface area contributed by atoms with Gasteiger partial charge in [-0.1, -0.05) is 53.0 Å². The molecule has 0 N–H and O–H groups in total. The van der Waals surface area contributed by atoms with Gasteiger partial charge in [-0.15, -0.1) is 0 Å². The molecule has 3 aromatic rings. The Bertz CT molecular complexity index is 813. The minimum Gasteiger partial charge on any atom is -0.228 e. The average Bonchev–Trinajstić information content (AvgIpc) is 2.38. The van der Waals surface area contributed by atoms with E-state index in [4.69, 9.17) is 23.2 Å². The molecule has 2 nitrogen and oxygen atoms in total. The smallest absolute Gasteiger partial charge is 0.161 e. The summed E-state index contributed by atoms with van der Waals surface area (Å²) in [6.45, 7) is 4.10. The van der Waals surface area contributed by atoms with Gasteiger partial charge in [-0.25, -0.2) is 9.97 Å². The SMILES string of the molecule is Cc1ccc(-c2nc(Cl)c3c(Cl)cccc3n2)c(C)c1. The van der Waals surface area contributed by atoms with Crippen LogP contribution in [0, 0.1) is 13.8 Å². The van der Waals surface area contributed by atoms with Crippen LogP contribution in [0.25, 0.3) is 22.3 Å².